The molecule has 1 aliphatic rings. The van der Waals surface area contributed by atoms with Crippen molar-refractivity contribution in [1.29, 1.82) is 0 Å². The van der Waals surface area contributed by atoms with Gasteiger partial charge in [0.1, 0.15) is 0 Å². The van der Waals surface area contributed by atoms with Crippen molar-refractivity contribution in [2.45, 2.75) is 0 Å². The van der Waals surface area contributed by atoms with Crippen LogP contribution in [-0.2, 0) is 10.0 Å². The molecular formula is C5H14N2O3S. The molecule has 68 valence electrons. The number of hydrogen-bond acceptors (Lipinski definition) is 3. The summed E-state index contributed by atoms with van der Waals surface area (Å²) in [5.41, 5.74) is 0. The number of nitrogens with zero attached hydrogens (tertiary/aromatic N) is 1. The van der Waals surface area contributed by atoms with Crippen LogP contribution in [0.3, 0.4) is 0 Å². The van der Waals surface area contributed by atoms with Crippen molar-refractivity contribution >= 4 is 10.0 Å². The van der Waals surface area contributed by atoms with E-state index in [1.54, 1.807) is 0 Å². The maximum atomic E-state index is 10.9. The van der Waals surface area contributed by atoms with Gasteiger partial charge in [0, 0.05) is 26.2 Å². The average molecular weight is 182 g/mol. The van der Waals surface area contributed by atoms with Crippen LogP contribution < -0.4 is 5.32 Å². The Morgan fingerprint density at radius 1 is 1.27 bits per heavy atom. The Bertz CT molecular complexity index is 196. The van der Waals surface area contributed by atoms with Gasteiger partial charge in [-0.1, -0.05) is 0 Å². The van der Waals surface area contributed by atoms with E-state index in [2.05, 4.69) is 5.32 Å². The summed E-state index contributed by atoms with van der Waals surface area (Å²) in [4.78, 5) is 0. The Balaban J connectivity index is 0.000001000. The van der Waals surface area contributed by atoms with E-state index in [1.165, 1.54) is 10.6 Å². The molecule has 0 atom stereocenters. The standard InChI is InChI=1S/C5H12N2O2S.H2O/c1-10(8,9)7-4-2-6-3-5-7;/h6H,2-5H2,1H3;1H2. The van der Waals surface area contributed by atoms with E-state index in [4.69, 9.17) is 0 Å². The van der Waals surface area contributed by atoms with E-state index in [9.17, 15) is 8.42 Å². The Morgan fingerprint density at radius 3 is 2.00 bits per heavy atom. The molecule has 11 heavy (non-hydrogen) atoms. The fourth-order valence-electron chi connectivity index (χ4n) is 0.976. The topological polar surface area (TPSA) is 80.9 Å². The molecule has 1 fully saturated rings. The van der Waals surface area contributed by atoms with Crippen LogP contribution in [0.15, 0.2) is 0 Å². The first-order valence-electron chi connectivity index (χ1n) is 3.26. The largest absolute Gasteiger partial charge is 0.412 e. The summed E-state index contributed by atoms with van der Waals surface area (Å²) in [5.74, 6) is 0. The second-order valence-corrected chi connectivity index (χ2v) is 4.39. The summed E-state index contributed by atoms with van der Waals surface area (Å²) < 4.78 is 23.3. The molecule has 0 radical (unpaired) electrons. The van der Waals surface area contributed by atoms with Crippen LogP contribution in [0.25, 0.3) is 0 Å². The molecule has 5 nitrogen and oxygen atoms in total. The Labute approximate surface area is 66.7 Å². The summed E-state index contributed by atoms with van der Waals surface area (Å²) in [5, 5.41) is 3.08. The monoisotopic (exact) mass is 182 g/mol. The zero-order valence-electron chi connectivity index (χ0n) is 6.50. The van der Waals surface area contributed by atoms with E-state index in [0.717, 1.165) is 13.1 Å². The number of hydrogen-bond donors (Lipinski definition) is 1. The van der Waals surface area contributed by atoms with Gasteiger partial charge < -0.3 is 10.8 Å². The highest BCUT2D eigenvalue weighted by molar-refractivity contribution is 7.88. The quantitative estimate of drug-likeness (QED) is 0.510. The molecule has 1 saturated heterocycles. The van der Waals surface area contributed by atoms with Crippen LogP contribution in [0.4, 0.5) is 0 Å². The third kappa shape index (κ3) is 3.15. The van der Waals surface area contributed by atoms with Crippen molar-refractivity contribution < 1.29 is 13.9 Å². The predicted octanol–water partition coefficient (Wildman–Crippen LogP) is -1.97. The minimum atomic E-state index is -2.93. The first-order chi connectivity index (χ1) is 4.61. The molecule has 0 unspecified atom stereocenters. The summed E-state index contributed by atoms with van der Waals surface area (Å²) in [6.07, 6.45) is 1.25. The molecule has 0 aromatic rings. The van der Waals surface area contributed by atoms with Crippen molar-refractivity contribution in [2.75, 3.05) is 32.4 Å². The summed E-state index contributed by atoms with van der Waals surface area (Å²) in [7, 11) is -2.93. The van der Waals surface area contributed by atoms with Crippen LogP contribution in [0, 0.1) is 0 Å². The number of nitrogens with one attached hydrogen (secondary N) is 1. The van der Waals surface area contributed by atoms with Crippen molar-refractivity contribution in [3.05, 3.63) is 0 Å². The van der Waals surface area contributed by atoms with Crippen LogP contribution >= 0.6 is 0 Å². The van der Waals surface area contributed by atoms with Gasteiger partial charge in [-0.25, -0.2) is 8.42 Å². The van der Waals surface area contributed by atoms with Crippen LogP contribution in [-0.4, -0.2) is 50.6 Å². The molecule has 1 aliphatic heterocycles. The van der Waals surface area contributed by atoms with Crippen LogP contribution in [0.2, 0.25) is 0 Å². The molecule has 0 aliphatic carbocycles. The second kappa shape index (κ2) is 4.01. The maximum Gasteiger partial charge on any atom is 0.211 e. The van der Waals surface area contributed by atoms with Crippen molar-refractivity contribution in [3.8, 4) is 0 Å². The number of piperazine rings is 1. The summed E-state index contributed by atoms with van der Waals surface area (Å²) in [6, 6.07) is 0. The van der Waals surface area contributed by atoms with Crippen LogP contribution in [0.1, 0.15) is 0 Å². The fraction of sp³-hybridized carbons (Fsp3) is 1.00. The SMILES string of the molecule is CS(=O)(=O)N1CCNCC1.O. The highest BCUT2D eigenvalue weighted by atomic mass is 32.2. The highest BCUT2D eigenvalue weighted by Gasteiger charge is 2.17. The number of sulfonamides is 1. The minimum Gasteiger partial charge on any atom is -0.412 e. The molecule has 0 aromatic heterocycles. The molecule has 6 heteroatoms. The Hall–Kier alpha value is -0.170. The minimum absolute atomic E-state index is 0. The lowest BCUT2D eigenvalue weighted by molar-refractivity contribution is 0.363. The normalized spacial score (nSPS) is 20.8. The smallest absolute Gasteiger partial charge is 0.211 e. The summed E-state index contributed by atoms with van der Waals surface area (Å²) in [6.45, 7) is 2.76. The van der Waals surface area contributed by atoms with Gasteiger partial charge in [0.25, 0.3) is 0 Å². The predicted molar refractivity (Wildman–Crippen MR) is 42.9 cm³/mol. The molecule has 0 bridgehead atoms. The molecular weight excluding hydrogens is 168 g/mol. The van der Waals surface area contributed by atoms with Gasteiger partial charge in [-0.2, -0.15) is 4.31 Å². The van der Waals surface area contributed by atoms with Crippen molar-refractivity contribution in [1.82, 2.24) is 9.62 Å². The van der Waals surface area contributed by atoms with Gasteiger partial charge in [0.15, 0.2) is 0 Å². The van der Waals surface area contributed by atoms with Gasteiger partial charge in [0.2, 0.25) is 10.0 Å². The molecule has 0 amide bonds. The van der Waals surface area contributed by atoms with Gasteiger partial charge in [0.05, 0.1) is 6.26 Å². The van der Waals surface area contributed by atoms with E-state index < -0.39 is 10.0 Å². The first kappa shape index (κ1) is 10.8. The van der Waals surface area contributed by atoms with Crippen molar-refractivity contribution in [3.63, 3.8) is 0 Å². The lowest BCUT2D eigenvalue weighted by atomic mass is 10.4. The van der Waals surface area contributed by atoms with Gasteiger partial charge >= 0.3 is 0 Å². The van der Waals surface area contributed by atoms with Gasteiger partial charge in [-0.3, -0.25) is 0 Å². The molecule has 1 heterocycles. The lowest BCUT2D eigenvalue weighted by Gasteiger charge is -2.24. The third-order valence-corrected chi connectivity index (χ3v) is 2.85. The fourth-order valence-corrected chi connectivity index (χ4v) is 1.82. The number of rotatable bonds is 1. The van der Waals surface area contributed by atoms with E-state index in [1.807, 2.05) is 0 Å². The molecule has 3 N–H and O–H groups in total. The van der Waals surface area contributed by atoms with Gasteiger partial charge in [-0.05, 0) is 0 Å². The summed E-state index contributed by atoms with van der Waals surface area (Å²) >= 11 is 0. The molecule has 1 rings (SSSR count). The van der Waals surface area contributed by atoms with E-state index in [-0.39, 0.29) is 5.48 Å². The van der Waals surface area contributed by atoms with E-state index in [0.29, 0.717) is 13.1 Å². The highest BCUT2D eigenvalue weighted by Crippen LogP contribution is 1.97. The maximum absolute atomic E-state index is 10.9. The third-order valence-electron chi connectivity index (χ3n) is 1.54. The molecule has 0 aromatic carbocycles. The zero-order chi connectivity index (χ0) is 7.61. The Morgan fingerprint density at radius 2 is 1.73 bits per heavy atom. The van der Waals surface area contributed by atoms with E-state index >= 15 is 0 Å². The lowest BCUT2D eigenvalue weighted by Crippen LogP contribution is -2.45. The molecule has 0 saturated carbocycles. The van der Waals surface area contributed by atoms with Gasteiger partial charge in [-0.15, -0.1) is 0 Å². The first-order valence-corrected chi connectivity index (χ1v) is 5.11. The van der Waals surface area contributed by atoms with Crippen molar-refractivity contribution in [2.24, 2.45) is 0 Å². The average Bonchev–Trinajstić information content (AvgIpc) is 1.88. The second-order valence-electron chi connectivity index (χ2n) is 2.41. The van der Waals surface area contributed by atoms with Crippen LogP contribution in [0.5, 0.6) is 0 Å². The zero-order valence-corrected chi connectivity index (χ0v) is 7.32. The Kier molecular flexibility index (Phi) is 3.95. The molecule has 0 spiro atoms.